The number of imidazole rings is 1. The molecule has 0 aliphatic rings. The van der Waals surface area contributed by atoms with Crippen molar-refractivity contribution in [2.45, 2.75) is 25.8 Å². The van der Waals surface area contributed by atoms with Crippen LogP contribution in [0.15, 0.2) is 91.5 Å². The van der Waals surface area contributed by atoms with Gasteiger partial charge < -0.3 is 10.1 Å². The molecule has 33 heavy (non-hydrogen) atoms. The zero-order chi connectivity index (χ0) is 23.0. The van der Waals surface area contributed by atoms with E-state index in [2.05, 4.69) is 45.3 Å². The highest BCUT2D eigenvalue weighted by Gasteiger charge is 2.18. The molecule has 170 valence electrons. The normalized spacial score (nSPS) is 12.0. The van der Waals surface area contributed by atoms with Crippen molar-refractivity contribution >= 4 is 40.5 Å². The van der Waals surface area contributed by atoms with Crippen molar-refractivity contribution < 1.29 is 9.30 Å². The zero-order valence-corrected chi connectivity index (χ0v) is 20.3. The molecule has 4 rings (SSSR count). The molecular formula is C26H25Cl3N3O+. The Morgan fingerprint density at radius 1 is 0.909 bits per heavy atom. The van der Waals surface area contributed by atoms with Crippen LogP contribution < -0.4 is 9.88 Å². The van der Waals surface area contributed by atoms with E-state index in [4.69, 9.17) is 39.5 Å². The summed E-state index contributed by atoms with van der Waals surface area (Å²) in [6, 6.07) is 23.4. The molecule has 0 radical (unpaired) electrons. The zero-order valence-electron chi connectivity index (χ0n) is 18.0. The molecule has 0 aliphatic heterocycles. The van der Waals surface area contributed by atoms with Gasteiger partial charge in [0.25, 0.3) is 0 Å². The summed E-state index contributed by atoms with van der Waals surface area (Å²) in [5.41, 5.74) is 3.07. The fraction of sp³-hybridized carbons (Fsp3) is 0.192. The van der Waals surface area contributed by atoms with Gasteiger partial charge in [-0.15, -0.1) is 0 Å². The molecule has 1 heterocycles. The molecule has 1 N–H and O–H groups in total. The van der Waals surface area contributed by atoms with Crippen molar-refractivity contribution in [2.24, 2.45) is 0 Å². The Balaban J connectivity index is 1.41. The number of hydrogen-bond donors (Lipinski definition) is 1. The first-order valence-electron chi connectivity index (χ1n) is 10.7. The predicted molar refractivity (Wildman–Crippen MR) is 135 cm³/mol. The highest BCUT2D eigenvalue weighted by atomic mass is 35.5. The van der Waals surface area contributed by atoms with E-state index in [0.29, 0.717) is 28.2 Å². The molecule has 1 aromatic heterocycles. The second kappa shape index (κ2) is 11.6. The maximum atomic E-state index is 6.34. The number of rotatable bonds is 10. The van der Waals surface area contributed by atoms with Gasteiger partial charge in [0.2, 0.25) is 6.33 Å². The van der Waals surface area contributed by atoms with Gasteiger partial charge in [-0.2, -0.15) is 0 Å². The minimum Gasteiger partial charge on any atom is -0.381 e. The molecule has 0 spiro atoms. The molecule has 0 bridgehead atoms. The first-order chi connectivity index (χ1) is 16.1. The molecule has 7 heteroatoms. The molecule has 0 saturated carbocycles. The second-order valence-corrected chi connectivity index (χ2v) is 9.01. The molecule has 0 aliphatic carbocycles. The van der Waals surface area contributed by atoms with Gasteiger partial charge in [0.05, 0.1) is 13.2 Å². The number of aromatic nitrogens is 2. The number of halogens is 3. The predicted octanol–water partition coefficient (Wildman–Crippen LogP) is 6.81. The Bertz CT molecular complexity index is 1160. The van der Waals surface area contributed by atoms with E-state index >= 15 is 0 Å². The van der Waals surface area contributed by atoms with Gasteiger partial charge in [0.15, 0.2) is 0 Å². The summed E-state index contributed by atoms with van der Waals surface area (Å²) in [4.78, 5) is 0. The SMILES string of the molecule is Clc1ccc(C(C[n+]2ccn(CCNc3ccccc3)c2)OCc2ccc(Cl)cc2Cl)cc1. The van der Waals surface area contributed by atoms with Crippen molar-refractivity contribution in [2.75, 3.05) is 11.9 Å². The van der Waals surface area contributed by atoms with Crippen molar-refractivity contribution in [3.8, 4) is 0 Å². The summed E-state index contributed by atoms with van der Waals surface area (Å²) in [7, 11) is 0. The average Bonchev–Trinajstić information content (AvgIpc) is 3.26. The van der Waals surface area contributed by atoms with Gasteiger partial charge in [-0.25, -0.2) is 9.13 Å². The van der Waals surface area contributed by atoms with E-state index in [1.807, 2.05) is 54.6 Å². The van der Waals surface area contributed by atoms with E-state index in [9.17, 15) is 0 Å². The standard InChI is InChI=1S/C26H25Cl3N3O/c27-22-9-6-20(7-10-22)26(33-18-21-8-11-23(28)16-25(21)29)17-32-15-14-31(19-32)13-12-30-24-4-2-1-3-5-24/h1-11,14-16,19,26,30H,12-13,17-18H2/q+1. The molecule has 1 unspecified atom stereocenters. The fourth-order valence-corrected chi connectivity index (χ4v) is 4.11. The third kappa shape index (κ3) is 6.99. The maximum absolute atomic E-state index is 6.34. The minimum atomic E-state index is -0.169. The highest BCUT2D eigenvalue weighted by Crippen LogP contribution is 2.26. The number of para-hydroxylation sites is 1. The number of nitrogens with zero attached hydrogens (tertiary/aromatic N) is 2. The number of anilines is 1. The lowest BCUT2D eigenvalue weighted by Gasteiger charge is -2.17. The lowest BCUT2D eigenvalue weighted by atomic mass is 10.1. The topological polar surface area (TPSA) is 30.1 Å². The second-order valence-electron chi connectivity index (χ2n) is 7.73. The largest absolute Gasteiger partial charge is 0.381 e. The van der Waals surface area contributed by atoms with E-state index in [0.717, 1.165) is 29.9 Å². The Morgan fingerprint density at radius 3 is 2.42 bits per heavy atom. The Hall–Kier alpha value is -2.50. The van der Waals surface area contributed by atoms with Gasteiger partial charge in [-0.1, -0.05) is 71.2 Å². The van der Waals surface area contributed by atoms with Crippen molar-refractivity contribution in [3.63, 3.8) is 0 Å². The number of ether oxygens (including phenoxy) is 1. The summed E-state index contributed by atoms with van der Waals surface area (Å²) in [5, 5.41) is 5.34. The number of hydrogen-bond acceptors (Lipinski definition) is 2. The van der Waals surface area contributed by atoms with Gasteiger partial charge in [0, 0.05) is 20.8 Å². The van der Waals surface area contributed by atoms with Crippen LogP contribution >= 0.6 is 34.8 Å². The summed E-state index contributed by atoms with van der Waals surface area (Å²) in [6.07, 6.45) is 6.05. The number of benzene rings is 3. The fourth-order valence-electron chi connectivity index (χ4n) is 3.52. The van der Waals surface area contributed by atoms with Crippen LogP contribution in [0.1, 0.15) is 17.2 Å². The van der Waals surface area contributed by atoms with Gasteiger partial charge in [-0.3, -0.25) is 0 Å². The van der Waals surface area contributed by atoms with Gasteiger partial charge in [-0.05, 0) is 47.5 Å². The molecule has 0 amide bonds. The van der Waals surface area contributed by atoms with Crippen LogP contribution in [-0.2, 0) is 24.4 Å². The first-order valence-corrected chi connectivity index (χ1v) is 11.8. The first kappa shape index (κ1) is 23.7. The van der Waals surface area contributed by atoms with Crippen molar-refractivity contribution in [1.82, 2.24) is 4.57 Å². The Kier molecular flexibility index (Phi) is 8.30. The van der Waals surface area contributed by atoms with Crippen LogP contribution in [0, 0.1) is 0 Å². The van der Waals surface area contributed by atoms with Crippen molar-refractivity contribution in [1.29, 1.82) is 0 Å². The molecular weight excluding hydrogens is 477 g/mol. The molecule has 1 atom stereocenters. The van der Waals surface area contributed by atoms with E-state index in [1.54, 1.807) is 6.07 Å². The van der Waals surface area contributed by atoms with Gasteiger partial charge in [0.1, 0.15) is 31.6 Å². The summed E-state index contributed by atoms with van der Waals surface area (Å²) in [6.45, 7) is 2.73. The molecule has 4 aromatic rings. The highest BCUT2D eigenvalue weighted by molar-refractivity contribution is 6.35. The third-order valence-electron chi connectivity index (χ3n) is 5.29. The average molecular weight is 502 g/mol. The van der Waals surface area contributed by atoms with E-state index < -0.39 is 0 Å². The molecule has 4 nitrogen and oxygen atoms in total. The van der Waals surface area contributed by atoms with Crippen LogP contribution in [0.4, 0.5) is 5.69 Å². The maximum Gasteiger partial charge on any atom is 0.243 e. The molecule has 0 fully saturated rings. The van der Waals surface area contributed by atoms with Crippen LogP contribution in [0.25, 0.3) is 0 Å². The quantitative estimate of drug-likeness (QED) is 0.242. The Labute approximate surface area is 209 Å². The molecule has 3 aromatic carbocycles. The van der Waals surface area contributed by atoms with Crippen LogP contribution in [0.5, 0.6) is 0 Å². The third-order valence-corrected chi connectivity index (χ3v) is 6.13. The smallest absolute Gasteiger partial charge is 0.243 e. The lowest BCUT2D eigenvalue weighted by Crippen LogP contribution is -2.35. The summed E-state index contributed by atoms with van der Waals surface area (Å²) in [5.74, 6) is 0. The molecule has 0 saturated heterocycles. The van der Waals surface area contributed by atoms with E-state index in [1.165, 1.54) is 0 Å². The van der Waals surface area contributed by atoms with Crippen LogP contribution in [0.3, 0.4) is 0 Å². The summed E-state index contributed by atoms with van der Waals surface area (Å²) >= 11 is 18.5. The van der Waals surface area contributed by atoms with Crippen molar-refractivity contribution in [3.05, 3.63) is 118 Å². The lowest BCUT2D eigenvalue weighted by molar-refractivity contribution is -0.704. The van der Waals surface area contributed by atoms with Crippen LogP contribution in [0.2, 0.25) is 15.1 Å². The Morgan fingerprint density at radius 2 is 1.67 bits per heavy atom. The minimum absolute atomic E-state index is 0.169. The number of nitrogens with one attached hydrogen (secondary N) is 1. The van der Waals surface area contributed by atoms with Crippen LogP contribution in [-0.4, -0.2) is 11.1 Å². The van der Waals surface area contributed by atoms with E-state index in [-0.39, 0.29) is 6.10 Å². The van der Waals surface area contributed by atoms with Gasteiger partial charge >= 0.3 is 0 Å². The summed E-state index contributed by atoms with van der Waals surface area (Å²) < 4.78 is 10.6. The monoisotopic (exact) mass is 500 g/mol.